The Morgan fingerprint density at radius 3 is 2.79 bits per heavy atom. The molecule has 2 atom stereocenters. The highest BCUT2D eigenvalue weighted by molar-refractivity contribution is 5.79. The normalized spacial score (nSPS) is 33.1. The van der Waals surface area contributed by atoms with Gasteiger partial charge in [0.15, 0.2) is 0 Å². The smallest absolute Gasteiger partial charge is 0.344 e. The summed E-state index contributed by atoms with van der Waals surface area (Å²) in [7, 11) is 0. The van der Waals surface area contributed by atoms with Gasteiger partial charge in [-0.3, -0.25) is 0 Å². The van der Waals surface area contributed by atoms with E-state index in [1.165, 1.54) is 0 Å². The number of carbonyl (C=O) groups excluding carboxylic acids is 1. The first kappa shape index (κ1) is 11.4. The van der Waals surface area contributed by atoms with Crippen LogP contribution in [-0.4, -0.2) is 29.0 Å². The topological polar surface area (TPSA) is 46.5 Å². The number of aliphatic hydroxyl groups excluding tert-OH is 1. The third kappa shape index (κ3) is 2.67. The zero-order valence-electron chi connectivity index (χ0n) is 8.62. The molecule has 82 valence electrons. The fraction of sp³-hybridized carbons (Fsp3) is 0.900. The van der Waals surface area contributed by atoms with Crippen LogP contribution in [0.25, 0.3) is 0 Å². The summed E-state index contributed by atoms with van der Waals surface area (Å²) in [6.07, 6.45) is 0.113. The molecular weight excluding hydrogens is 187 g/mol. The van der Waals surface area contributed by atoms with Crippen molar-refractivity contribution < 1.29 is 19.0 Å². The number of carbonyl (C=O) groups is 1. The minimum absolute atomic E-state index is 0.126. The number of aliphatic hydroxyl groups is 1. The number of hydrogen-bond acceptors (Lipinski definition) is 3. The zero-order chi connectivity index (χ0) is 10.8. The van der Waals surface area contributed by atoms with E-state index in [1.807, 2.05) is 0 Å². The quantitative estimate of drug-likeness (QED) is 0.695. The third-order valence-corrected chi connectivity index (χ3v) is 2.38. The number of halogens is 1. The zero-order valence-corrected chi connectivity index (χ0v) is 8.62. The van der Waals surface area contributed by atoms with Gasteiger partial charge < -0.3 is 9.84 Å². The van der Waals surface area contributed by atoms with E-state index < -0.39 is 17.7 Å². The number of hydrogen-bond donors (Lipinski definition) is 1. The standard InChI is InChI=1S/C10H17FO3/c1-7(2)14-9(13)10(11)5-3-4-8(12)6-10/h7-8,12H,3-6H2,1-2H3/t8-,10-/m1/s1. The van der Waals surface area contributed by atoms with Crippen molar-refractivity contribution in [2.24, 2.45) is 0 Å². The maximum atomic E-state index is 13.9. The molecule has 1 aliphatic carbocycles. The lowest BCUT2D eigenvalue weighted by molar-refractivity contribution is -0.166. The summed E-state index contributed by atoms with van der Waals surface area (Å²) in [5.41, 5.74) is -1.97. The Bertz CT molecular complexity index is 217. The van der Waals surface area contributed by atoms with Gasteiger partial charge in [0.05, 0.1) is 12.2 Å². The van der Waals surface area contributed by atoms with Gasteiger partial charge >= 0.3 is 5.97 Å². The monoisotopic (exact) mass is 204 g/mol. The molecule has 0 aliphatic heterocycles. The van der Waals surface area contributed by atoms with Crippen molar-refractivity contribution in [3.8, 4) is 0 Å². The molecule has 0 amide bonds. The van der Waals surface area contributed by atoms with E-state index in [4.69, 9.17) is 4.74 Å². The lowest BCUT2D eigenvalue weighted by atomic mass is 9.84. The number of esters is 1. The van der Waals surface area contributed by atoms with Crippen molar-refractivity contribution >= 4 is 5.97 Å². The van der Waals surface area contributed by atoms with Crippen molar-refractivity contribution in [2.75, 3.05) is 0 Å². The Morgan fingerprint density at radius 2 is 2.29 bits per heavy atom. The van der Waals surface area contributed by atoms with Crippen LogP contribution in [0.5, 0.6) is 0 Å². The van der Waals surface area contributed by atoms with Crippen LogP contribution in [-0.2, 0) is 9.53 Å². The van der Waals surface area contributed by atoms with Crippen LogP contribution in [0.15, 0.2) is 0 Å². The van der Waals surface area contributed by atoms with E-state index in [0.717, 1.165) is 0 Å². The molecule has 3 nitrogen and oxygen atoms in total. The average Bonchev–Trinajstić information content (AvgIpc) is 2.02. The number of ether oxygens (including phenoxy) is 1. The molecule has 0 aromatic heterocycles. The lowest BCUT2D eigenvalue weighted by Gasteiger charge is -2.30. The van der Waals surface area contributed by atoms with Crippen molar-refractivity contribution in [1.82, 2.24) is 0 Å². The van der Waals surface area contributed by atoms with Crippen molar-refractivity contribution in [3.63, 3.8) is 0 Å². The van der Waals surface area contributed by atoms with E-state index in [-0.39, 0.29) is 18.9 Å². The molecule has 1 fully saturated rings. The molecule has 0 radical (unpaired) electrons. The fourth-order valence-electron chi connectivity index (χ4n) is 1.70. The van der Waals surface area contributed by atoms with Crippen molar-refractivity contribution in [3.05, 3.63) is 0 Å². The van der Waals surface area contributed by atoms with E-state index in [0.29, 0.717) is 12.8 Å². The van der Waals surface area contributed by atoms with E-state index in [9.17, 15) is 14.3 Å². The highest BCUT2D eigenvalue weighted by Gasteiger charge is 2.44. The summed E-state index contributed by atoms with van der Waals surface area (Å²) in [6.45, 7) is 3.36. The largest absolute Gasteiger partial charge is 0.461 e. The second-order valence-corrected chi connectivity index (χ2v) is 4.17. The summed E-state index contributed by atoms with van der Waals surface area (Å²) in [5, 5.41) is 9.28. The SMILES string of the molecule is CC(C)OC(=O)[C@@]1(F)CCC[C@@H](O)C1. The van der Waals surface area contributed by atoms with Crippen LogP contribution in [0.4, 0.5) is 4.39 Å². The van der Waals surface area contributed by atoms with Crippen LogP contribution in [0.2, 0.25) is 0 Å². The Labute approximate surface area is 83.3 Å². The lowest BCUT2D eigenvalue weighted by Crippen LogP contribution is -2.42. The summed E-state index contributed by atoms with van der Waals surface area (Å²) in [4.78, 5) is 11.4. The molecule has 0 bridgehead atoms. The highest BCUT2D eigenvalue weighted by atomic mass is 19.1. The average molecular weight is 204 g/mol. The first-order chi connectivity index (χ1) is 6.44. The van der Waals surface area contributed by atoms with Gasteiger partial charge in [-0.15, -0.1) is 0 Å². The summed E-state index contributed by atoms with van der Waals surface area (Å²) in [5.74, 6) is -0.828. The Hall–Kier alpha value is -0.640. The second-order valence-electron chi connectivity index (χ2n) is 4.17. The molecule has 1 aliphatic rings. The molecule has 0 heterocycles. The maximum absolute atomic E-state index is 13.9. The minimum atomic E-state index is -1.97. The van der Waals surface area contributed by atoms with Gasteiger partial charge in [0.25, 0.3) is 0 Å². The van der Waals surface area contributed by atoms with Crippen molar-refractivity contribution in [1.29, 1.82) is 0 Å². The molecule has 1 rings (SSSR count). The van der Waals surface area contributed by atoms with Gasteiger partial charge in [-0.05, 0) is 33.1 Å². The highest BCUT2D eigenvalue weighted by Crippen LogP contribution is 2.33. The first-order valence-electron chi connectivity index (χ1n) is 5.02. The fourth-order valence-corrected chi connectivity index (χ4v) is 1.70. The Morgan fingerprint density at radius 1 is 1.64 bits per heavy atom. The molecule has 1 N–H and O–H groups in total. The Kier molecular flexibility index (Phi) is 3.48. The molecule has 0 unspecified atom stereocenters. The molecule has 0 aromatic rings. The summed E-state index contributed by atoms with van der Waals surface area (Å²) < 4.78 is 18.8. The molecule has 0 spiro atoms. The number of alkyl halides is 1. The van der Waals surface area contributed by atoms with Crippen LogP contribution in [0.1, 0.15) is 39.5 Å². The van der Waals surface area contributed by atoms with E-state index in [1.54, 1.807) is 13.8 Å². The number of rotatable bonds is 2. The van der Waals surface area contributed by atoms with E-state index in [2.05, 4.69) is 0 Å². The van der Waals surface area contributed by atoms with Crippen LogP contribution >= 0.6 is 0 Å². The van der Waals surface area contributed by atoms with Gasteiger partial charge in [-0.25, -0.2) is 9.18 Å². The minimum Gasteiger partial charge on any atom is -0.461 e. The van der Waals surface area contributed by atoms with E-state index >= 15 is 0 Å². The van der Waals surface area contributed by atoms with Gasteiger partial charge in [-0.2, -0.15) is 0 Å². The molecule has 0 saturated heterocycles. The van der Waals surface area contributed by atoms with Gasteiger partial charge in [0.1, 0.15) is 0 Å². The molecular formula is C10H17FO3. The Balaban J connectivity index is 2.59. The van der Waals surface area contributed by atoms with Crippen LogP contribution < -0.4 is 0 Å². The summed E-state index contributed by atoms with van der Waals surface area (Å²) >= 11 is 0. The van der Waals surface area contributed by atoms with Crippen LogP contribution in [0.3, 0.4) is 0 Å². The second kappa shape index (κ2) is 4.26. The first-order valence-corrected chi connectivity index (χ1v) is 5.02. The predicted octanol–water partition coefficient (Wildman–Crippen LogP) is 1.58. The predicted molar refractivity (Wildman–Crippen MR) is 49.5 cm³/mol. The van der Waals surface area contributed by atoms with Gasteiger partial charge in [0, 0.05) is 6.42 Å². The third-order valence-electron chi connectivity index (χ3n) is 2.38. The molecule has 1 saturated carbocycles. The van der Waals surface area contributed by atoms with Crippen LogP contribution in [0, 0.1) is 0 Å². The maximum Gasteiger partial charge on any atom is 0.344 e. The molecule has 14 heavy (non-hydrogen) atoms. The van der Waals surface area contributed by atoms with Crippen molar-refractivity contribution in [2.45, 2.75) is 57.4 Å². The summed E-state index contributed by atoms with van der Waals surface area (Å²) in [6, 6.07) is 0. The van der Waals surface area contributed by atoms with Gasteiger partial charge in [-0.1, -0.05) is 0 Å². The van der Waals surface area contributed by atoms with Gasteiger partial charge in [0.2, 0.25) is 5.67 Å². The molecule has 0 aromatic carbocycles. The molecule has 4 heteroatoms.